The molecule has 0 saturated heterocycles. The van der Waals surface area contributed by atoms with Gasteiger partial charge in [0.1, 0.15) is 0 Å². The molecule has 0 atom stereocenters. The number of nitrogens with zero attached hydrogens (tertiary/aromatic N) is 3. The van der Waals surface area contributed by atoms with Gasteiger partial charge in [0.2, 0.25) is 0 Å². The first-order valence-electron chi connectivity index (χ1n) is 9.41. The molecule has 0 radical (unpaired) electrons. The molecule has 2 aromatic heterocycles. The molecule has 2 rings (SSSR count). The summed E-state index contributed by atoms with van der Waals surface area (Å²) in [5.74, 6) is 0. The van der Waals surface area contributed by atoms with Crippen molar-refractivity contribution in [2.75, 3.05) is 19.6 Å². The average molecular weight is 326 g/mol. The van der Waals surface area contributed by atoms with Crippen molar-refractivity contribution in [2.45, 2.75) is 52.4 Å². The van der Waals surface area contributed by atoms with E-state index < -0.39 is 0 Å². The zero-order valence-electron chi connectivity index (χ0n) is 15.2. The summed E-state index contributed by atoms with van der Waals surface area (Å²) in [5.41, 5.74) is 3.50. The molecule has 0 aliphatic rings. The molecule has 0 aliphatic carbocycles. The third kappa shape index (κ3) is 6.40. The van der Waals surface area contributed by atoms with Crippen molar-refractivity contribution in [3.8, 4) is 11.3 Å². The van der Waals surface area contributed by atoms with E-state index in [0.717, 1.165) is 17.7 Å². The number of hydrogen-bond donors (Lipinski definition) is 0. The van der Waals surface area contributed by atoms with E-state index >= 15 is 0 Å². The lowest BCUT2D eigenvalue weighted by Gasteiger charge is -2.17. The molecule has 3 nitrogen and oxygen atoms in total. The highest BCUT2D eigenvalue weighted by Gasteiger charge is 2.01. The fraction of sp³-hybridized carbons (Fsp3) is 0.524. The van der Waals surface area contributed by atoms with Crippen LogP contribution in [0.2, 0.25) is 0 Å². The van der Waals surface area contributed by atoms with Crippen LogP contribution in [0.4, 0.5) is 0 Å². The van der Waals surface area contributed by atoms with Gasteiger partial charge in [0.05, 0.1) is 5.69 Å². The van der Waals surface area contributed by atoms with Crippen molar-refractivity contribution in [1.82, 2.24) is 14.9 Å². The molecule has 0 spiro atoms. The van der Waals surface area contributed by atoms with E-state index in [1.165, 1.54) is 57.3 Å². The zero-order valence-corrected chi connectivity index (χ0v) is 15.2. The Kier molecular flexibility index (Phi) is 8.47. The highest BCUT2D eigenvalue weighted by Crippen LogP contribution is 2.16. The summed E-state index contributed by atoms with van der Waals surface area (Å²) in [7, 11) is 0. The minimum atomic E-state index is 1.03. The van der Waals surface area contributed by atoms with Crippen LogP contribution in [0.3, 0.4) is 0 Å². The molecule has 24 heavy (non-hydrogen) atoms. The van der Waals surface area contributed by atoms with Gasteiger partial charge in [-0.15, -0.1) is 0 Å². The highest BCUT2D eigenvalue weighted by molar-refractivity contribution is 5.57. The first-order valence-corrected chi connectivity index (χ1v) is 9.41. The molecular formula is C21H31N3. The number of aryl methyl sites for hydroxylation is 1. The molecule has 0 bridgehead atoms. The Labute approximate surface area is 147 Å². The van der Waals surface area contributed by atoms with E-state index in [2.05, 4.69) is 40.8 Å². The van der Waals surface area contributed by atoms with Gasteiger partial charge in [-0.25, -0.2) is 0 Å². The van der Waals surface area contributed by atoms with Gasteiger partial charge in [-0.2, -0.15) is 0 Å². The smallest absolute Gasteiger partial charge is 0.0703 e. The average Bonchev–Trinajstić information content (AvgIpc) is 2.65. The van der Waals surface area contributed by atoms with Crippen LogP contribution in [-0.2, 0) is 6.42 Å². The van der Waals surface area contributed by atoms with Crippen molar-refractivity contribution < 1.29 is 0 Å². The second-order valence-electron chi connectivity index (χ2n) is 6.33. The third-order valence-electron chi connectivity index (χ3n) is 4.64. The third-order valence-corrected chi connectivity index (χ3v) is 4.64. The summed E-state index contributed by atoms with van der Waals surface area (Å²) in [5, 5.41) is 0. The lowest BCUT2D eigenvalue weighted by Crippen LogP contribution is -2.23. The first kappa shape index (κ1) is 18.6. The maximum Gasteiger partial charge on any atom is 0.0703 e. The molecular weight excluding hydrogens is 294 g/mol. The Bertz CT molecular complexity index is 547. The predicted octanol–water partition coefficient (Wildman–Crippen LogP) is 4.98. The van der Waals surface area contributed by atoms with Gasteiger partial charge >= 0.3 is 0 Å². The van der Waals surface area contributed by atoms with Gasteiger partial charge in [-0.05, 0) is 62.7 Å². The molecule has 0 saturated carbocycles. The van der Waals surface area contributed by atoms with Crippen LogP contribution in [-0.4, -0.2) is 34.5 Å². The number of pyridine rings is 2. The molecule has 130 valence electrons. The van der Waals surface area contributed by atoms with Crippen LogP contribution >= 0.6 is 0 Å². The van der Waals surface area contributed by atoms with E-state index in [1.807, 2.05) is 30.7 Å². The molecule has 2 heterocycles. The Morgan fingerprint density at radius 1 is 0.833 bits per heavy atom. The SMILES string of the molecule is CCN(CC)CCCCCCCc1ccc(-c2ccncc2)nc1. The highest BCUT2D eigenvalue weighted by atomic mass is 15.1. The molecule has 0 amide bonds. The van der Waals surface area contributed by atoms with Crippen LogP contribution in [0.15, 0.2) is 42.9 Å². The monoisotopic (exact) mass is 325 g/mol. The Balaban J connectivity index is 1.61. The largest absolute Gasteiger partial charge is 0.304 e. The summed E-state index contributed by atoms with van der Waals surface area (Å²) in [4.78, 5) is 11.1. The van der Waals surface area contributed by atoms with Gasteiger partial charge in [0.25, 0.3) is 0 Å². The Hall–Kier alpha value is -1.74. The van der Waals surface area contributed by atoms with Crippen LogP contribution in [0.5, 0.6) is 0 Å². The van der Waals surface area contributed by atoms with Crippen LogP contribution < -0.4 is 0 Å². The van der Waals surface area contributed by atoms with E-state index in [-0.39, 0.29) is 0 Å². The molecule has 3 heteroatoms. The van der Waals surface area contributed by atoms with Gasteiger partial charge in [0.15, 0.2) is 0 Å². The van der Waals surface area contributed by atoms with Crippen LogP contribution in [0, 0.1) is 0 Å². The minimum absolute atomic E-state index is 1.03. The number of rotatable bonds is 11. The fourth-order valence-corrected chi connectivity index (χ4v) is 3.00. The molecule has 0 unspecified atom stereocenters. The van der Waals surface area contributed by atoms with Crippen molar-refractivity contribution in [1.29, 1.82) is 0 Å². The van der Waals surface area contributed by atoms with Gasteiger partial charge in [0, 0.05) is 24.2 Å². The van der Waals surface area contributed by atoms with Crippen molar-refractivity contribution >= 4 is 0 Å². The topological polar surface area (TPSA) is 29.0 Å². The normalized spacial score (nSPS) is 11.1. The van der Waals surface area contributed by atoms with Gasteiger partial charge in [-0.1, -0.05) is 39.2 Å². The second-order valence-corrected chi connectivity index (χ2v) is 6.33. The quantitative estimate of drug-likeness (QED) is 0.546. The summed E-state index contributed by atoms with van der Waals surface area (Å²) < 4.78 is 0. The second kappa shape index (κ2) is 10.9. The summed E-state index contributed by atoms with van der Waals surface area (Å²) in [6.07, 6.45) is 13.4. The molecule has 2 aromatic rings. The first-order chi connectivity index (χ1) is 11.8. The lowest BCUT2D eigenvalue weighted by molar-refractivity contribution is 0.295. The molecule has 0 fully saturated rings. The maximum atomic E-state index is 4.58. The predicted molar refractivity (Wildman–Crippen MR) is 102 cm³/mol. The molecule has 0 aromatic carbocycles. The summed E-state index contributed by atoms with van der Waals surface area (Å²) in [6.45, 7) is 8.11. The van der Waals surface area contributed by atoms with Crippen LogP contribution in [0.1, 0.15) is 51.5 Å². The lowest BCUT2D eigenvalue weighted by atomic mass is 10.1. The summed E-state index contributed by atoms with van der Waals surface area (Å²) in [6, 6.07) is 8.33. The molecule has 0 aliphatic heterocycles. The number of aromatic nitrogens is 2. The van der Waals surface area contributed by atoms with E-state index in [0.29, 0.717) is 0 Å². The van der Waals surface area contributed by atoms with Crippen molar-refractivity contribution in [3.63, 3.8) is 0 Å². The fourth-order valence-electron chi connectivity index (χ4n) is 3.00. The zero-order chi connectivity index (χ0) is 17.0. The minimum Gasteiger partial charge on any atom is -0.304 e. The number of hydrogen-bond acceptors (Lipinski definition) is 3. The van der Waals surface area contributed by atoms with E-state index in [4.69, 9.17) is 0 Å². The van der Waals surface area contributed by atoms with Crippen molar-refractivity contribution in [2.24, 2.45) is 0 Å². The van der Waals surface area contributed by atoms with E-state index in [9.17, 15) is 0 Å². The van der Waals surface area contributed by atoms with Crippen LogP contribution in [0.25, 0.3) is 11.3 Å². The van der Waals surface area contributed by atoms with Gasteiger partial charge < -0.3 is 4.90 Å². The standard InChI is InChI=1S/C21H31N3/c1-3-24(4-2)17-9-7-5-6-8-10-19-11-12-21(23-18-19)20-13-15-22-16-14-20/h11-16,18H,3-10,17H2,1-2H3. The van der Waals surface area contributed by atoms with Gasteiger partial charge in [-0.3, -0.25) is 9.97 Å². The maximum absolute atomic E-state index is 4.58. The number of unbranched alkanes of at least 4 members (excludes halogenated alkanes) is 4. The summed E-state index contributed by atoms with van der Waals surface area (Å²) >= 11 is 0. The van der Waals surface area contributed by atoms with E-state index in [1.54, 1.807) is 0 Å². The Morgan fingerprint density at radius 3 is 2.21 bits per heavy atom. The molecule has 0 N–H and O–H groups in total. The van der Waals surface area contributed by atoms with Crippen molar-refractivity contribution in [3.05, 3.63) is 48.4 Å². The Morgan fingerprint density at radius 2 is 1.54 bits per heavy atom.